The summed E-state index contributed by atoms with van der Waals surface area (Å²) in [5.74, 6) is 5.38. The zero-order chi connectivity index (χ0) is 14.1. The second-order valence-corrected chi connectivity index (χ2v) is 4.89. The number of hydrogen-bond acceptors (Lipinski definition) is 4. The molecule has 0 spiro atoms. The van der Waals surface area contributed by atoms with Crippen LogP contribution in [-0.2, 0) is 9.47 Å². The molecule has 3 N–H and O–H groups in total. The molecular weight excluding hydrogens is 261 g/mol. The van der Waals surface area contributed by atoms with Crippen molar-refractivity contribution in [3.63, 3.8) is 0 Å². The van der Waals surface area contributed by atoms with Gasteiger partial charge in [0.1, 0.15) is 6.61 Å². The van der Waals surface area contributed by atoms with Gasteiger partial charge in [-0.25, -0.2) is 0 Å². The summed E-state index contributed by atoms with van der Waals surface area (Å²) < 4.78 is 45.6. The lowest BCUT2D eigenvalue weighted by atomic mass is 10.0. The van der Waals surface area contributed by atoms with Crippen LogP contribution in [0, 0.1) is 0 Å². The summed E-state index contributed by atoms with van der Waals surface area (Å²) >= 11 is 0. The monoisotopic (exact) mass is 284 g/mol. The van der Waals surface area contributed by atoms with Gasteiger partial charge >= 0.3 is 6.18 Å². The van der Waals surface area contributed by atoms with E-state index in [0.717, 1.165) is 38.7 Å². The predicted octanol–water partition coefficient (Wildman–Crippen LogP) is 2.14. The van der Waals surface area contributed by atoms with E-state index in [4.69, 9.17) is 10.6 Å². The molecule has 4 nitrogen and oxygen atoms in total. The normalized spacial score (nSPS) is 21.8. The van der Waals surface area contributed by atoms with Gasteiger partial charge in [0.25, 0.3) is 0 Å². The molecule has 114 valence electrons. The minimum atomic E-state index is -4.26. The first kappa shape index (κ1) is 16.7. The summed E-state index contributed by atoms with van der Waals surface area (Å²) in [5.41, 5.74) is 2.62. The van der Waals surface area contributed by atoms with Crippen LogP contribution in [0.3, 0.4) is 0 Å². The summed E-state index contributed by atoms with van der Waals surface area (Å²) in [6.07, 6.45) is 1.57. The Morgan fingerprint density at radius 3 is 2.74 bits per heavy atom. The van der Waals surface area contributed by atoms with Gasteiger partial charge in [-0.15, -0.1) is 0 Å². The number of rotatable bonds is 9. The highest BCUT2D eigenvalue weighted by Crippen LogP contribution is 2.19. The highest BCUT2D eigenvalue weighted by Gasteiger charge is 2.27. The van der Waals surface area contributed by atoms with Crippen molar-refractivity contribution >= 4 is 0 Å². The number of nitrogens with one attached hydrogen (secondary N) is 1. The molecule has 0 amide bonds. The van der Waals surface area contributed by atoms with Crippen LogP contribution in [0.4, 0.5) is 13.2 Å². The van der Waals surface area contributed by atoms with E-state index in [0.29, 0.717) is 12.5 Å². The SMILES string of the molecule is NNC(CCCC1CCCO1)CCOCC(F)(F)F. The predicted molar refractivity (Wildman–Crippen MR) is 65.4 cm³/mol. The molecular formula is C12H23F3N2O2. The Morgan fingerprint density at radius 2 is 2.16 bits per heavy atom. The summed E-state index contributed by atoms with van der Waals surface area (Å²) in [4.78, 5) is 0. The largest absolute Gasteiger partial charge is 0.411 e. The quantitative estimate of drug-likeness (QED) is 0.387. The van der Waals surface area contributed by atoms with Gasteiger partial charge in [-0.3, -0.25) is 11.3 Å². The Hall–Kier alpha value is -0.370. The molecule has 1 rings (SSSR count). The molecule has 2 unspecified atom stereocenters. The molecule has 0 aromatic heterocycles. The minimum absolute atomic E-state index is 0.00497. The van der Waals surface area contributed by atoms with Gasteiger partial charge in [-0.05, 0) is 38.5 Å². The van der Waals surface area contributed by atoms with Crippen molar-refractivity contribution in [2.24, 2.45) is 5.84 Å². The van der Waals surface area contributed by atoms with Crippen molar-refractivity contribution in [1.29, 1.82) is 0 Å². The van der Waals surface area contributed by atoms with Crippen molar-refractivity contribution in [1.82, 2.24) is 5.43 Å². The maximum absolute atomic E-state index is 11.9. The maximum Gasteiger partial charge on any atom is 0.411 e. The lowest BCUT2D eigenvalue weighted by Crippen LogP contribution is -2.36. The molecule has 0 aromatic carbocycles. The molecule has 0 saturated carbocycles. The molecule has 1 saturated heterocycles. The highest BCUT2D eigenvalue weighted by atomic mass is 19.4. The first-order chi connectivity index (χ1) is 9.01. The van der Waals surface area contributed by atoms with Gasteiger partial charge in [-0.2, -0.15) is 13.2 Å². The van der Waals surface area contributed by atoms with Crippen LogP contribution in [0.2, 0.25) is 0 Å². The zero-order valence-electron chi connectivity index (χ0n) is 11.0. The van der Waals surface area contributed by atoms with Crippen LogP contribution in [0.5, 0.6) is 0 Å². The minimum Gasteiger partial charge on any atom is -0.378 e. The van der Waals surface area contributed by atoms with Crippen molar-refractivity contribution in [3.05, 3.63) is 0 Å². The van der Waals surface area contributed by atoms with Crippen LogP contribution < -0.4 is 11.3 Å². The second-order valence-electron chi connectivity index (χ2n) is 4.89. The van der Waals surface area contributed by atoms with E-state index in [2.05, 4.69) is 10.2 Å². The Bertz CT molecular complexity index is 234. The van der Waals surface area contributed by atoms with Crippen LogP contribution in [0.25, 0.3) is 0 Å². The zero-order valence-corrected chi connectivity index (χ0v) is 11.0. The summed E-state index contributed by atoms with van der Waals surface area (Å²) in [5, 5.41) is 0. The summed E-state index contributed by atoms with van der Waals surface area (Å²) in [6.45, 7) is -0.289. The number of hydrogen-bond donors (Lipinski definition) is 2. The number of ether oxygens (including phenoxy) is 2. The first-order valence-corrected chi connectivity index (χ1v) is 6.73. The van der Waals surface area contributed by atoms with E-state index >= 15 is 0 Å². The third-order valence-corrected chi connectivity index (χ3v) is 3.21. The fourth-order valence-corrected chi connectivity index (χ4v) is 2.19. The number of alkyl halides is 3. The molecule has 0 aromatic rings. The van der Waals surface area contributed by atoms with Gasteiger partial charge in [-0.1, -0.05) is 0 Å². The molecule has 7 heteroatoms. The van der Waals surface area contributed by atoms with E-state index in [9.17, 15) is 13.2 Å². The van der Waals surface area contributed by atoms with E-state index in [1.165, 1.54) is 0 Å². The number of hydrazine groups is 1. The molecule has 0 radical (unpaired) electrons. The molecule has 1 aliphatic rings. The fraction of sp³-hybridized carbons (Fsp3) is 1.00. The second kappa shape index (κ2) is 8.73. The average molecular weight is 284 g/mol. The molecule has 1 heterocycles. The van der Waals surface area contributed by atoms with Crippen LogP contribution in [0.15, 0.2) is 0 Å². The van der Waals surface area contributed by atoms with E-state index < -0.39 is 12.8 Å². The molecule has 0 bridgehead atoms. The Kier molecular flexibility index (Phi) is 7.67. The third-order valence-electron chi connectivity index (χ3n) is 3.21. The summed E-state index contributed by atoms with van der Waals surface area (Å²) in [6, 6.07) is -0.00497. The van der Waals surface area contributed by atoms with Crippen molar-refractivity contribution in [2.75, 3.05) is 19.8 Å². The average Bonchev–Trinajstić information content (AvgIpc) is 2.84. The van der Waals surface area contributed by atoms with Crippen molar-refractivity contribution in [3.8, 4) is 0 Å². The smallest absolute Gasteiger partial charge is 0.378 e. The fourth-order valence-electron chi connectivity index (χ4n) is 2.19. The van der Waals surface area contributed by atoms with Crippen molar-refractivity contribution in [2.45, 2.75) is 56.8 Å². The molecule has 0 aliphatic carbocycles. The summed E-state index contributed by atoms with van der Waals surface area (Å²) in [7, 11) is 0. The topological polar surface area (TPSA) is 56.5 Å². The highest BCUT2D eigenvalue weighted by molar-refractivity contribution is 4.68. The number of halogens is 3. The standard InChI is InChI=1S/C12H23F3N2O2/c13-12(14,15)9-18-8-6-10(17-16)3-1-4-11-5-2-7-19-11/h10-11,17H,1-9,16H2. The van der Waals surface area contributed by atoms with Crippen LogP contribution in [0.1, 0.15) is 38.5 Å². The molecule has 1 fully saturated rings. The van der Waals surface area contributed by atoms with Gasteiger partial charge in [0, 0.05) is 19.3 Å². The molecule has 1 aliphatic heterocycles. The van der Waals surface area contributed by atoms with Gasteiger partial charge in [0.15, 0.2) is 0 Å². The van der Waals surface area contributed by atoms with E-state index in [1.54, 1.807) is 0 Å². The lowest BCUT2D eigenvalue weighted by Gasteiger charge is -2.17. The maximum atomic E-state index is 11.9. The van der Waals surface area contributed by atoms with Crippen LogP contribution in [-0.4, -0.2) is 38.1 Å². The van der Waals surface area contributed by atoms with Gasteiger partial charge in [0.2, 0.25) is 0 Å². The van der Waals surface area contributed by atoms with Crippen molar-refractivity contribution < 1.29 is 22.6 Å². The Labute approximate surface area is 111 Å². The Morgan fingerprint density at radius 1 is 1.37 bits per heavy atom. The van der Waals surface area contributed by atoms with Gasteiger partial charge in [0.05, 0.1) is 6.10 Å². The first-order valence-electron chi connectivity index (χ1n) is 6.73. The molecule has 19 heavy (non-hydrogen) atoms. The lowest BCUT2D eigenvalue weighted by molar-refractivity contribution is -0.174. The number of nitrogens with two attached hydrogens (primary N) is 1. The third kappa shape index (κ3) is 8.41. The molecule has 2 atom stereocenters. The van der Waals surface area contributed by atoms with E-state index in [1.807, 2.05) is 0 Å². The Balaban J connectivity index is 2.01. The van der Waals surface area contributed by atoms with Gasteiger partial charge < -0.3 is 9.47 Å². The van der Waals surface area contributed by atoms with E-state index in [-0.39, 0.29) is 12.6 Å². The van der Waals surface area contributed by atoms with Crippen LogP contribution >= 0.6 is 0 Å².